The van der Waals surface area contributed by atoms with Gasteiger partial charge >= 0.3 is 12.1 Å². The van der Waals surface area contributed by atoms with Crippen LogP contribution < -0.4 is 5.32 Å². The van der Waals surface area contributed by atoms with E-state index in [0.29, 0.717) is 11.2 Å². The van der Waals surface area contributed by atoms with Crippen molar-refractivity contribution < 1.29 is 23.1 Å². The molecule has 3 rings (SSSR count). The first-order valence-electron chi connectivity index (χ1n) is 7.06. The highest BCUT2D eigenvalue weighted by Gasteiger charge is 2.33. The predicted molar refractivity (Wildman–Crippen MR) is 85.9 cm³/mol. The molecule has 0 saturated heterocycles. The van der Waals surface area contributed by atoms with Crippen LogP contribution in [0.2, 0.25) is 5.02 Å². The zero-order valence-electron chi connectivity index (χ0n) is 12.5. The predicted octanol–water partition coefficient (Wildman–Crippen LogP) is 4.32. The molecule has 3 aromatic rings. The molecule has 25 heavy (non-hydrogen) atoms. The number of benzene rings is 1. The van der Waals surface area contributed by atoms with Crippen LogP contribution in [-0.2, 0) is 12.7 Å². The molecule has 2 N–H and O–H groups in total. The second-order valence-corrected chi connectivity index (χ2v) is 5.63. The normalized spacial score (nSPS) is 11.7. The maximum absolute atomic E-state index is 12.9. The Morgan fingerprint density at radius 1 is 1.28 bits per heavy atom. The minimum Gasteiger partial charge on any atom is -0.476 e. The Labute approximate surface area is 144 Å². The van der Waals surface area contributed by atoms with E-state index in [2.05, 4.69) is 10.3 Å². The SMILES string of the molecule is O=C(O)c1c(NCc2ccc(Cl)c(C(F)(F)F)c2)ccc2nccn12. The number of fused-ring (bicyclic) bond motifs is 1. The first-order chi connectivity index (χ1) is 11.8. The first-order valence-corrected chi connectivity index (χ1v) is 7.44. The van der Waals surface area contributed by atoms with Crippen molar-refractivity contribution in [2.24, 2.45) is 0 Å². The standard InChI is InChI=1S/C16H11ClF3N3O2/c17-11-2-1-9(7-10(11)16(18,19)20)8-22-12-3-4-13-21-5-6-23(13)14(12)15(24)25/h1-7,22H,8H2,(H,24,25). The number of halogens is 4. The Morgan fingerprint density at radius 2 is 2.04 bits per heavy atom. The Kier molecular flexibility index (Phi) is 4.30. The minimum atomic E-state index is -4.56. The van der Waals surface area contributed by atoms with Crippen LogP contribution >= 0.6 is 11.6 Å². The molecule has 0 fully saturated rings. The number of alkyl halides is 3. The van der Waals surface area contributed by atoms with Gasteiger partial charge in [0.15, 0.2) is 5.69 Å². The minimum absolute atomic E-state index is 0.000727. The number of nitrogens with zero attached hydrogens (tertiary/aromatic N) is 2. The van der Waals surface area contributed by atoms with Gasteiger partial charge in [0.2, 0.25) is 0 Å². The summed E-state index contributed by atoms with van der Waals surface area (Å²) in [5.41, 5.74) is 0.0473. The van der Waals surface area contributed by atoms with E-state index in [1.54, 1.807) is 6.07 Å². The van der Waals surface area contributed by atoms with Gasteiger partial charge in [0, 0.05) is 18.9 Å². The van der Waals surface area contributed by atoms with Crippen molar-refractivity contribution in [1.29, 1.82) is 0 Å². The van der Waals surface area contributed by atoms with Gasteiger partial charge in [0.05, 0.1) is 16.3 Å². The molecule has 0 atom stereocenters. The van der Waals surface area contributed by atoms with Crippen molar-refractivity contribution in [3.8, 4) is 0 Å². The maximum atomic E-state index is 12.9. The number of carboxylic acid groups (broad SMARTS) is 1. The van der Waals surface area contributed by atoms with E-state index >= 15 is 0 Å². The number of anilines is 1. The third-order valence-corrected chi connectivity index (χ3v) is 3.92. The van der Waals surface area contributed by atoms with Crippen LogP contribution in [0.4, 0.5) is 18.9 Å². The van der Waals surface area contributed by atoms with E-state index in [1.807, 2.05) is 0 Å². The molecule has 1 aromatic carbocycles. The molecule has 130 valence electrons. The van der Waals surface area contributed by atoms with E-state index in [4.69, 9.17) is 11.6 Å². The summed E-state index contributed by atoms with van der Waals surface area (Å²) in [6.45, 7) is 0.000727. The second kappa shape index (κ2) is 6.29. The van der Waals surface area contributed by atoms with Gasteiger partial charge in [-0.3, -0.25) is 4.40 Å². The number of nitrogens with one attached hydrogen (secondary N) is 1. The number of aromatic carboxylic acids is 1. The zero-order chi connectivity index (χ0) is 18.2. The van der Waals surface area contributed by atoms with Crippen molar-refractivity contribution in [2.75, 3.05) is 5.32 Å². The van der Waals surface area contributed by atoms with Crippen LogP contribution in [0.5, 0.6) is 0 Å². The Hall–Kier alpha value is -2.74. The molecule has 9 heteroatoms. The summed E-state index contributed by atoms with van der Waals surface area (Å²) >= 11 is 5.59. The largest absolute Gasteiger partial charge is 0.476 e. The number of aromatic nitrogens is 2. The third-order valence-electron chi connectivity index (χ3n) is 3.59. The van der Waals surface area contributed by atoms with Gasteiger partial charge in [-0.15, -0.1) is 0 Å². The van der Waals surface area contributed by atoms with E-state index in [-0.39, 0.29) is 22.9 Å². The van der Waals surface area contributed by atoms with E-state index in [9.17, 15) is 23.1 Å². The number of rotatable bonds is 4. The summed E-state index contributed by atoms with van der Waals surface area (Å²) in [7, 11) is 0. The molecule has 0 amide bonds. The van der Waals surface area contributed by atoms with Gasteiger partial charge in [0.25, 0.3) is 0 Å². The third kappa shape index (κ3) is 3.39. The van der Waals surface area contributed by atoms with Gasteiger partial charge in [-0.25, -0.2) is 9.78 Å². The molecular weight excluding hydrogens is 359 g/mol. The van der Waals surface area contributed by atoms with Crippen LogP contribution in [0.3, 0.4) is 0 Å². The average Bonchev–Trinajstić information content (AvgIpc) is 3.00. The van der Waals surface area contributed by atoms with E-state index in [1.165, 1.54) is 35.0 Å². The number of hydrogen-bond acceptors (Lipinski definition) is 3. The Balaban J connectivity index is 1.91. The van der Waals surface area contributed by atoms with Crippen molar-refractivity contribution >= 4 is 28.9 Å². The summed E-state index contributed by atoms with van der Waals surface area (Å²) in [6, 6.07) is 6.68. The molecule has 5 nitrogen and oxygen atoms in total. The lowest BCUT2D eigenvalue weighted by Crippen LogP contribution is -2.12. The second-order valence-electron chi connectivity index (χ2n) is 5.22. The van der Waals surface area contributed by atoms with Crippen LogP contribution in [0.1, 0.15) is 21.6 Å². The number of carboxylic acids is 1. The van der Waals surface area contributed by atoms with E-state index < -0.39 is 17.7 Å². The zero-order valence-corrected chi connectivity index (χ0v) is 13.3. The fraction of sp³-hybridized carbons (Fsp3) is 0.125. The number of carbonyl (C=O) groups is 1. The highest BCUT2D eigenvalue weighted by molar-refractivity contribution is 6.31. The summed E-state index contributed by atoms with van der Waals surface area (Å²) < 4.78 is 40.1. The molecular formula is C16H11ClF3N3O2. The van der Waals surface area contributed by atoms with Gasteiger partial charge < -0.3 is 10.4 Å². The molecule has 0 spiro atoms. The van der Waals surface area contributed by atoms with E-state index in [0.717, 1.165) is 6.07 Å². The molecule has 0 aliphatic heterocycles. The van der Waals surface area contributed by atoms with Gasteiger partial charge in [-0.05, 0) is 29.8 Å². The molecule has 2 heterocycles. The monoisotopic (exact) mass is 369 g/mol. The van der Waals surface area contributed by atoms with Crippen molar-refractivity contribution in [2.45, 2.75) is 12.7 Å². The molecule has 2 aromatic heterocycles. The summed E-state index contributed by atoms with van der Waals surface area (Å²) in [5.74, 6) is -1.18. The Morgan fingerprint density at radius 3 is 2.72 bits per heavy atom. The van der Waals surface area contributed by atoms with Gasteiger partial charge in [-0.1, -0.05) is 17.7 Å². The molecule has 0 unspecified atom stereocenters. The quantitative estimate of drug-likeness (QED) is 0.719. The molecule has 0 aliphatic rings. The average molecular weight is 370 g/mol. The van der Waals surface area contributed by atoms with Crippen LogP contribution in [-0.4, -0.2) is 20.5 Å². The fourth-order valence-electron chi connectivity index (χ4n) is 2.45. The lowest BCUT2D eigenvalue weighted by Gasteiger charge is -2.14. The highest BCUT2D eigenvalue weighted by atomic mass is 35.5. The number of pyridine rings is 1. The van der Waals surface area contributed by atoms with Crippen LogP contribution in [0.15, 0.2) is 42.7 Å². The molecule has 0 radical (unpaired) electrons. The lowest BCUT2D eigenvalue weighted by molar-refractivity contribution is -0.137. The molecule has 0 saturated carbocycles. The first kappa shape index (κ1) is 17.1. The summed E-state index contributed by atoms with van der Waals surface area (Å²) in [6.07, 6.45) is -1.61. The highest BCUT2D eigenvalue weighted by Crippen LogP contribution is 2.35. The van der Waals surface area contributed by atoms with Crippen molar-refractivity contribution in [3.05, 3.63) is 64.6 Å². The fourth-order valence-corrected chi connectivity index (χ4v) is 2.68. The summed E-state index contributed by atoms with van der Waals surface area (Å²) in [5, 5.41) is 11.9. The topological polar surface area (TPSA) is 66.6 Å². The maximum Gasteiger partial charge on any atom is 0.417 e. The lowest BCUT2D eigenvalue weighted by atomic mass is 10.1. The smallest absolute Gasteiger partial charge is 0.417 e. The van der Waals surface area contributed by atoms with Crippen molar-refractivity contribution in [1.82, 2.24) is 9.38 Å². The van der Waals surface area contributed by atoms with Crippen LogP contribution in [0, 0.1) is 0 Å². The van der Waals surface area contributed by atoms with Gasteiger partial charge in [0.1, 0.15) is 5.65 Å². The molecule has 0 bridgehead atoms. The summed E-state index contributed by atoms with van der Waals surface area (Å²) in [4.78, 5) is 15.5. The van der Waals surface area contributed by atoms with Crippen LogP contribution in [0.25, 0.3) is 5.65 Å². The Bertz CT molecular complexity index is 953. The number of hydrogen-bond donors (Lipinski definition) is 2. The van der Waals surface area contributed by atoms with Gasteiger partial charge in [-0.2, -0.15) is 13.2 Å². The van der Waals surface area contributed by atoms with Crippen molar-refractivity contribution in [3.63, 3.8) is 0 Å². The molecule has 0 aliphatic carbocycles. The number of imidazole rings is 1.